The Morgan fingerprint density at radius 3 is 2.06 bits per heavy atom. The SMILES string of the molecule is COc1ccc(C(c2ccccc2)(c2ccc(OC)cc2)N2C(=O)N[C@@H]3[C@H](CCCCC([O-])=NCCCCCC(=O)O)SC[C@@H]32)cc1.[Na+]. The first-order chi connectivity index (χ1) is 22.9. The van der Waals surface area contributed by atoms with Crippen LogP contribution in [0.1, 0.15) is 68.1 Å². The summed E-state index contributed by atoms with van der Waals surface area (Å²) >= 11 is 1.89. The van der Waals surface area contributed by atoms with Gasteiger partial charge in [-0.05, 0) is 79.0 Å². The summed E-state index contributed by atoms with van der Waals surface area (Å²) in [6.45, 7) is 0.452. The standard InChI is InChI=1S/C37H45N3O6S.Na/c1-45-29-20-16-27(17-21-29)37(26-11-5-3-6-12-26,28-18-22-30(46-2)23-19-28)40-31-25-47-32(35(31)39-36(40)44)13-8-9-14-33(41)38-24-10-4-7-15-34(42)43;/h3,5-6,11-12,16-23,31-32,35H,4,7-10,13-15,24-25H2,1-2H3,(H,38,41)(H,39,44)(H,42,43);/q;+1/p-1/t31-,32-,35-;/m0./s1. The molecule has 3 atom stereocenters. The molecule has 3 aromatic carbocycles. The predicted octanol–water partition coefficient (Wildman–Crippen LogP) is 2.84. The molecule has 2 aliphatic heterocycles. The maximum absolute atomic E-state index is 14.2. The Morgan fingerprint density at radius 2 is 1.48 bits per heavy atom. The Hall–Kier alpha value is -3.18. The zero-order valence-electron chi connectivity index (χ0n) is 28.1. The fourth-order valence-corrected chi connectivity index (χ4v) is 8.45. The van der Waals surface area contributed by atoms with Gasteiger partial charge >= 0.3 is 41.6 Å². The number of carbonyl (C=O) groups excluding carboxylic acids is 1. The number of ether oxygens (including phenoxy) is 2. The fourth-order valence-electron chi connectivity index (χ4n) is 6.86. The maximum atomic E-state index is 14.2. The second-order valence-electron chi connectivity index (χ2n) is 12.0. The summed E-state index contributed by atoms with van der Waals surface area (Å²) in [7, 11) is 3.30. The number of hydrogen-bond acceptors (Lipinski definition) is 7. The number of nitrogens with zero attached hydrogens (tertiary/aromatic N) is 2. The Bertz CT molecular complexity index is 1460. The maximum Gasteiger partial charge on any atom is 1.00 e. The van der Waals surface area contributed by atoms with Crippen molar-refractivity contribution in [2.75, 3.05) is 26.5 Å². The number of fused-ring (bicyclic) bond motifs is 1. The van der Waals surface area contributed by atoms with Crippen LogP contribution < -0.4 is 49.5 Å². The van der Waals surface area contributed by atoms with Crippen molar-refractivity contribution in [2.45, 2.75) is 74.2 Å². The number of urea groups is 1. The number of benzene rings is 3. The van der Waals surface area contributed by atoms with Crippen LogP contribution in [0.3, 0.4) is 0 Å². The van der Waals surface area contributed by atoms with E-state index < -0.39 is 11.5 Å². The Balaban J connectivity index is 0.00000520. The predicted molar refractivity (Wildman–Crippen MR) is 183 cm³/mol. The number of nitrogens with one attached hydrogen (secondary N) is 1. The van der Waals surface area contributed by atoms with E-state index in [2.05, 4.69) is 27.3 Å². The number of carbonyl (C=O) groups is 2. The molecule has 11 heteroatoms. The van der Waals surface area contributed by atoms with Crippen LogP contribution in [0.5, 0.6) is 11.5 Å². The molecule has 0 saturated carbocycles. The Labute approximate surface area is 309 Å². The van der Waals surface area contributed by atoms with E-state index in [9.17, 15) is 14.7 Å². The topological polar surface area (TPSA) is 124 Å². The normalized spacial score (nSPS) is 19.0. The van der Waals surface area contributed by atoms with Crippen LogP contribution in [0, 0.1) is 0 Å². The number of carboxylic acids is 1. The van der Waals surface area contributed by atoms with E-state index in [-0.39, 0.29) is 65.2 Å². The Kier molecular flexibility index (Phi) is 14.1. The average Bonchev–Trinajstić information content (AvgIpc) is 3.64. The quantitative estimate of drug-likeness (QED) is 0.0561. The number of carboxylic acid groups (broad SMARTS) is 1. The molecule has 0 radical (unpaired) electrons. The van der Waals surface area contributed by atoms with Crippen molar-refractivity contribution in [1.82, 2.24) is 10.2 Å². The van der Waals surface area contributed by atoms with Gasteiger partial charge in [0.05, 0.1) is 26.3 Å². The molecule has 0 aliphatic carbocycles. The van der Waals surface area contributed by atoms with Crippen molar-refractivity contribution in [3.8, 4) is 11.5 Å². The van der Waals surface area contributed by atoms with Gasteiger partial charge in [0, 0.05) is 24.0 Å². The van der Waals surface area contributed by atoms with Gasteiger partial charge in [-0.25, -0.2) is 4.79 Å². The van der Waals surface area contributed by atoms with E-state index in [0.717, 1.165) is 66.0 Å². The summed E-state index contributed by atoms with van der Waals surface area (Å²) in [5.74, 6) is 1.40. The molecule has 2 heterocycles. The van der Waals surface area contributed by atoms with E-state index in [4.69, 9.17) is 14.6 Å². The fraction of sp³-hybridized carbons (Fsp3) is 0.432. The first-order valence-electron chi connectivity index (χ1n) is 16.4. The molecule has 0 spiro atoms. The van der Waals surface area contributed by atoms with Crippen LogP contribution in [0.15, 0.2) is 83.9 Å². The molecule has 3 aromatic rings. The minimum atomic E-state index is -0.916. The molecule has 0 bridgehead atoms. The molecule has 2 amide bonds. The van der Waals surface area contributed by atoms with Crippen molar-refractivity contribution in [3.05, 3.63) is 95.6 Å². The van der Waals surface area contributed by atoms with Crippen LogP contribution in [0.4, 0.5) is 4.79 Å². The molecule has 5 rings (SSSR count). The third-order valence-corrected chi connectivity index (χ3v) is 10.7. The van der Waals surface area contributed by atoms with Gasteiger partial charge in [0.15, 0.2) is 0 Å². The molecule has 0 unspecified atom stereocenters. The van der Waals surface area contributed by atoms with Crippen molar-refractivity contribution < 1.29 is 58.8 Å². The van der Waals surface area contributed by atoms with Crippen molar-refractivity contribution in [3.63, 3.8) is 0 Å². The van der Waals surface area contributed by atoms with Crippen LogP contribution in [-0.2, 0) is 10.3 Å². The van der Waals surface area contributed by atoms with Crippen LogP contribution in [0.2, 0.25) is 0 Å². The van der Waals surface area contributed by atoms with Crippen LogP contribution in [0.25, 0.3) is 0 Å². The molecule has 0 aromatic heterocycles. The zero-order valence-corrected chi connectivity index (χ0v) is 30.9. The number of methoxy groups -OCH3 is 2. The molecule has 250 valence electrons. The molecular weight excluding hydrogens is 637 g/mol. The minimum Gasteiger partial charge on any atom is -0.862 e. The van der Waals surface area contributed by atoms with Gasteiger partial charge in [-0.2, -0.15) is 11.8 Å². The number of aliphatic imine (C=N–C) groups is 1. The summed E-state index contributed by atoms with van der Waals surface area (Å²) < 4.78 is 11.0. The first kappa shape index (κ1) is 37.6. The second kappa shape index (κ2) is 18.0. The number of hydrogen-bond donors (Lipinski definition) is 2. The van der Waals surface area contributed by atoms with E-state index in [1.54, 1.807) is 14.2 Å². The summed E-state index contributed by atoms with van der Waals surface area (Å²) in [5.41, 5.74) is 2.00. The number of thioether (sulfide) groups is 1. The minimum absolute atomic E-state index is 0. The van der Waals surface area contributed by atoms with E-state index in [1.807, 2.05) is 78.5 Å². The zero-order chi connectivity index (χ0) is 33.2. The van der Waals surface area contributed by atoms with E-state index in [1.165, 1.54) is 0 Å². The van der Waals surface area contributed by atoms with Gasteiger partial charge in [0.2, 0.25) is 0 Å². The first-order valence-corrected chi connectivity index (χ1v) is 17.4. The molecule has 48 heavy (non-hydrogen) atoms. The molecule has 2 fully saturated rings. The third kappa shape index (κ3) is 8.51. The van der Waals surface area contributed by atoms with Gasteiger partial charge in [0.25, 0.3) is 0 Å². The van der Waals surface area contributed by atoms with Crippen molar-refractivity contribution in [2.24, 2.45) is 4.99 Å². The van der Waals surface area contributed by atoms with Gasteiger partial charge in [-0.3, -0.25) is 4.79 Å². The average molecular weight is 682 g/mol. The number of aliphatic carboxylic acids is 1. The molecule has 2 N–H and O–H groups in total. The third-order valence-electron chi connectivity index (χ3n) is 9.17. The molecular formula is C37H44N3NaO6S. The largest absolute Gasteiger partial charge is 1.00 e. The number of unbranched alkanes of at least 4 members (excludes halogenated alkanes) is 3. The van der Waals surface area contributed by atoms with Gasteiger partial charge < -0.3 is 34.9 Å². The van der Waals surface area contributed by atoms with Gasteiger partial charge in [0.1, 0.15) is 17.0 Å². The molecule has 2 saturated heterocycles. The molecule has 9 nitrogen and oxygen atoms in total. The number of rotatable bonds is 17. The van der Waals surface area contributed by atoms with Crippen molar-refractivity contribution in [1.29, 1.82) is 0 Å². The van der Waals surface area contributed by atoms with Crippen LogP contribution >= 0.6 is 11.8 Å². The Morgan fingerprint density at radius 1 is 0.896 bits per heavy atom. The summed E-state index contributed by atoms with van der Waals surface area (Å²) in [6, 6.07) is 26.0. The number of amides is 2. The van der Waals surface area contributed by atoms with E-state index >= 15 is 0 Å². The second-order valence-corrected chi connectivity index (χ2v) is 13.3. The molecule has 2 aliphatic rings. The van der Waals surface area contributed by atoms with E-state index in [0.29, 0.717) is 19.4 Å². The van der Waals surface area contributed by atoms with Gasteiger partial charge in [-0.15, -0.1) is 0 Å². The van der Waals surface area contributed by atoms with Gasteiger partial charge in [-0.1, -0.05) is 67.4 Å². The summed E-state index contributed by atoms with van der Waals surface area (Å²) in [5, 5.41) is 24.6. The smallest absolute Gasteiger partial charge is 0.862 e. The monoisotopic (exact) mass is 681 g/mol. The summed E-state index contributed by atoms with van der Waals surface area (Å²) in [6.07, 6.45) is 5.18. The van der Waals surface area contributed by atoms with Crippen molar-refractivity contribution >= 4 is 29.7 Å². The van der Waals surface area contributed by atoms with Crippen LogP contribution in [-0.4, -0.2) is 71.8 Å². The summed E-state index contributed by atoms with van der Waals surface area (Å²) in [4.78, 5) is 31.1.